The normalized spacial score (nSPS) is 17.1. The molecule has 0 unspecified atom stereocenters. The number of halogens is 1. The Balaban J connectivity index is 1.92. The Morgan fingerprint density at radius 3 is 2.42 bits per heavy atom. The maximum Gasteiger partial charge on any atom is 0.319 e. The van der Waals surface area contributed by atoms with Crippen LogP contribution >= 0.6 is 15.9 Å². The van der Waals surface area contributed by atoms with Gasteiger partial charge in [0.05, 0.1) is 11.6 Å². The van der Waals surface area contributed by atoms with Gasteiger partial charge in [-0.1, -0.05) is 46.3 Å². The van der Waals surface area contributed by atoms with Gasteiger partial charge in [0, 0.05) is 15.9 Å². The van der Waals surface area contributed by atoms with E-state index in [1.165, 1.54) is 0 Å². The molecule has 0 saturated carbocycles. The SMILES string of the molecule is CC1=C(C(=O)Nc2ccc(Br)cc2)[C@H](c2ccccc2)NC(=O)N1. The van der Waals surface area contributed by atoms with E-state index in [4.69, 9.17) is 0 Å². The Kier molecular flexibility index (Phi) is 4.66. The molecule has 1 atom stereocenters. The number of carbonyl (C=O) groups excluding carboxylic acids is 2. The first kappa shape index (κ1) is 16.3. The Morgan fingerprint density at radius 1 is 1.08 bits per heavy atom. The predicted molar refractivity (Wildman–Crippen MR) is 96.3 cm³/mol. The molecule has 0 aromatic heterocycles. The van der Waals surface area contributed by atoms with E-state index in [1.54, 1.807) is 6.92 Å². The van der Waals surface area contributed by atoms with Gasteiger partial charge in [-0.2, -0.15) is 0 Å². The van der Waals surface area contributed by atoms with Crippen LogP contribution in [-0.2, 0) is 4.79 Å². The molecule has 2 aromatic rings. The molecule has 3 amide bonds. The molecule has 2 aromatic carbocycles. The number of hydrogen-bond donors (Lipinski definition) is 3. The number of anilines is 1. The van der Waals surface area contributed by atoms with Gasteiger partial charge < -0.3 is 16.0 Å². The van der Waals surface area contributed by atoms with Gasteiger partial charge >= 0.3 is 6.03 Å². The minimum absolute atomic E-state index is 0.254. The third-order valence-electron chi connectivity index (χ3n) is 3.75. The fourth-order valence-corrected chi connectivity index (χ4v) is 2.89. The molecule has 122 valence electrons. The summed E-state index contributed by atoms with van der Waals surface area (Å²) >= 11 is 3.37. The van der Waals surface area contributed by atoms with Gasteiger partial charge in [-0.15, -0.1) is 0 Å². The number of hydrogen-bond acceptors (Lipinski definition) is 2. The molecule has 1 aliphatic rings. The average molecular weight is 386 g/mol. The van der Waals surface area contributed by atoms with Crippen LogP contribution in [0.1, 0.15) is 18.5 Å². The molecule has 0 bridgehead atoms. The van der Waals surface area contributed by atoms with E-state index in [0.29, 0.717) is 17.0 Å². The number of amides is 3. The van der Waals surface area contributed by atoms with Crippen molar-refractivity contribution in [3.63, 3.8) is 0 Å². The van der Waals surface area contributed by atoms with Gasteiger partial charge in [-0.05, 0) is 36.8 Å². The Labute approximate surface area is 148 Å². The van der Waals surface area contributed by atoms with Crippen molar-refractivity contribution < 1.29 is 9.59 Å². The van der Waals surface area contributed by atoms with Gasteiger partial charge in [0.1, 0.15) is 0 Å². The van der Waals surface area contributed by atoms with Crippen LogP contribution in [0.5, 0.6) is 0 Å². The zero-order chi connectivity index (χ0) is 17.1. The van der Waals surface area contributed by atoms with Crippen LogP contribution in [0.15, 0.2) is 70.3 Å². The van der Waals surface area contributed by atoms with Gasteiger partial charge in [-0.3, -0.25) is 4.79 Å². The van der Waals surface area contributed by atoms with Crippen LogP contribution in [-0.4, -0.2) is 11.9 Å². The fraction of sp³-hybridized carbons (Fsp3) is 0.111. The Hall–Kier alpha value is -2.60. The van der Waals surface area contributed by atoms with Crippen molar-refractivity contribution in [2.24, 2.45) is 0 Å². The summed E-state index contributed by atoms with van der Waals surface area (Å²) in [6, 6.07) is 15.9. The molecule has 0 saturated heterocycles. The summed E-state index contributed by atoms with van der Waals surface area (Å²) in [5, 5.41) is 8.35. The molecule has 6 heteroatoms. The van der Waals surface area contributed by atoms with Crippen molar-refractivity contribution in [1.82, 2.24) is 10.6 Å². The second-order valence-electron chi connectivity index (χ2n) is 5.44. The Morgan fingerprint density at radius 2 is 1.75 bits per heavy atom. The second-order valence-corrected chi connectivity index (χ2v) is 6.36. The molecule has 1 aliphatic heterocycles. The highest BCUT2D eigenvalue weighted by Crippen LogP contribution is 2.27. The van der Waals surface area contributed by atoms with Crippen molar-refractivity contribution in [2.75, 3.05) is 5.32 Å². The smallest absolute Gasteiger partial charge is 0.319 e. The van der Waals surface area contributed by atoms with Crippen LogP contribution in [0.25, 0.3) is 0 Å². The van der Waals surface area contributed by atoms with E-state index in [9.17, 15) is 9.59 Å². The van der Waals surface area contributed by atoms with E-state index >= 15 is 0 Å². The summed E-state index contributed by atoms with van der Waals surface area (Å²) in [5.41, 5.74) is 2.57. The number of nitrogens with one attached hydrogen (secondary N) is 3. The van der Waals surface area contributed by atoms with Crippen LogP contribution in [0.4, 0.5) is 10.5 Å². The number of urea groups is 1. The molecule has 0 aliphatic carbocycles. The van der Waals surface area contributed by atoms with Crippen molar-refractivity contribution in [2.45, 2.75) is 13.0 Å². The highest BCUT2D eigenvalue weighted by molar-refractivity contribution is 9.10. The largest absolute Gasteiger partial charge is 0.327 e. The van der Waals surface area contributed by atoms with E-state index in [0.717, 1.165) is 10.0 Å². The number of rotatable bonds is 3. The molecular formula is C18H16BrN3O2. The molecule has 0 radical (unpaired) electrons. The molecule has 3 rings (SSSR count). The monoisotopic (exact) mass is 385 g/mol. The molecule has 3 N–H and O–H groups in total. The first-order valence-corrected chi connectivity index (χ1v) is 8.24. The van der Waals surface area contributed by atoms with E-state index in [1.807, 2.05) is 54.6 Å². The van der Waals surface area contributed by atoms with Crippen LogP contribution in [0.2, 0.25) is 0 Å². The standard InChI is InChI=1S/C18H16BrN3O2/c1-11-15(17(23)21-14-9-7-13(19)8-10-14)16(22-18(24)20-11)12-5-3-2-4-6-12/h2-10,16H,1H3,(H,21,23)(H2,20,22,24)/t16-/m0/s1. The van der Waals surface area contributed by atoms with E-state index < -0.39 is 6.04 Å². The summed E-state index contributed by atoms with van der Waals surface area (Å²) in [6.45, 7) is 1.73. The molecule has 5 nitrogen and oxygen atoms in total. The number of benzene rings is 2. The lowest BCUT2D eigenvalue weighted by Gasteiger charge is -2.28. The van der Waals surface area contributed by atoms with E-state index in [2.05, 4.69) is 31.9 Å². The quantitative estimate of drug-likeness (QED) is 0.753. The zero-order valence-electron chi connectivity index (χ0n) is 13.0. The molecule has 1 heterocycles. The van der Waals surface area contributed by atoms with Gasteiger partial charge in [0.25, 0.3) is 5.91 Å². The average Bonchev–Trinajstić information content (AvgIpc) is 2.57. The van der Waals surface area contributed by atoms with Gasteiger partial charge in [-0.25, -0.2) is 4.79 Å². The van der Waals surface area contributed by atoms with E-state index in [-0.39, 0.29) is 11.9 Å². The molecular weight excluding hydrogens is 370 g/mol. The lowest BCUT2D eigenvalue weighted by Crippen LogP contribution is -2.45. The van der Waals surface area contributed by atoms with Gasteiger partial charge in [0.2, 0.25) is 0 Å². The lowest BCUT2D eigenvalue weighted by molar-refractivity contribution is -0.113. The third-order valence-corrected chi connectivity index (χ3v) is 4.28. The third kappa shape index (κ3) is 3.49. The minimum Gasteiger partial charge on any atom is -0.327 e. The molecule has 0 fully saturated rings. The topological polar surface area (TPSA) is 70.2 Å². The summed E-state index contributed by atoms with van der Waals surface area (Å²) in [7, 11) is 0. The minimum atomic E-state index is -0.490. The number of carbonyl (C=O) groups is 2. The lowest BCUT2D eigenvalue weighted by atomic mass is 9.95. The van der Waals surface area contributed by atoms with Crippen molar-refractivity contribution in [1.29, 1.82) is 0 Å². The summed E-state index contributed by atoms with van der Waals surface area (Å²) in [4.78, 5) is 24.6. The molecule has 24 heavy (non-hydrogen) atoms. The zero-order valence-corrected chi connectivity index (χ0v) is 14.6. The van der Waals surface area contributed by atoms with Crippen molar-refractivity contribution in [3.8, 4) is 0 Å². The Bertz CT molecular complexity index is 801. The number of allylic oxidation sites excluding steroid dienone is 1. The maximum atomic E-state index is 12.8. The highest BCUT2D eigenvalue weighted by Gasteiger charge is 2.30. The summed E-state index contributed by atoms with van der Waals surface area (Å²) in [6.07, 6.45) is 0. The van der Waals surface area contributed by atoms with Crippen molar-refractivity contribution >= 4 is 33.6 Å². The highest BCUT2D eigenvalue weighted by atomic mass is 79.9. The van der Waals surface area contributed by atoms with Crippen LogP contribution < -0.4 is 16.0 Å². The first-order valence-electron chi connectivity index (χ1n) is 7.45. The van der Waals surface area contributed by atoms with Crippen LogP contribution in [0, 0.1) is 0 Å². The predicted octanol–water partition coefficient (Wildman–Crippen LogP) is 3.72. The summed E-state index contributed by atoms with van der Waals surface area (Å²) < 4.78 is 0.935. The van der Waals surface area contributed by atoms with Crippen LogP contribution in [0.3, 0.4) is 0 Å². The fourth-order valence-electron chi connectivity index (χ4n) is 2.62. The second kappa shape index (κ2) is 6.88. The maximum absolute atomic E-state index is 12.8. The van der Waals surface area contributed by atoms with Gasteiger partial charge in [0.15, 0.2) is 0 Å². The first-order chi connectivity index (χ1) is 11.5. The van der Waals surface area contributed by atoms with Crippen molar-refractivity contribution in [3.05, 3.63) is 75.9 Å². The summed E-state index contributed by atoms with van der Waals surface area (Å²) in [5.74, 6) is -0.254. The molecule has 0 spiro atoms.